The predicted octanol–water partition coefficient (Wildman–Crippen LogP) is 5.70. The molecule has 1 N–H and O–H groups in total. The van der Waals surface area contributed by atoms with Gasteiger partial charge in [0.2, 0.25) is 0 Å². The topological polar surface area (TPSA) is 66.8 Å². The zero-order valence-electron chi connectivity index (χ0n) is 17.9. The summed E-state index contributed by atoms with van der Waals surface area (Å²) in [6.45, 7) is 3.82. The molecular formula is C26H22BrNO4. The Balaban J connectivity index is 1.98. The van der Waals surface area contributed by atoms with Gasteiger partial charge in [0.05, 0.1) is 18.7 Å². The lowest BCUT2D eigenvalue weighted by molar-refractivity contribution is -0.132. The molecule has 0 spiro atoms. The highest BCUT2D eigenvalue weighted by molar-refractivity contribution is 9.10. The third-order valence-corrected chi connectivity index (χ3v) is 6.58. The van der Waals surface area contributed by atoms with Gasteiger partial charge in [0.1, 0.15) is 11.5 Å². The predicted molar refractivity (Wildman–Crippen MR) is 128 cm³/mol. The number of aryl methyl sites for hydroxylation is 2. The third-order valence-electron chi connectivity index (χ3n) is 5.69. The number of ether oxygens (including phenoxy) is 1. The number of carbonyl (C=O) groups excluding carboxylic acids is 2. The van der Waals surface area contributed by atoms with Crippen molar-refractivity contribution in [2.45, 2.75) is 19.9 Å². The summed E-state index contributed by atoms with van der Waals surface area (Å²) in [5.74, 6) is -1.05. The van der Waals surface area contributed by atoms with Gasteiger partial charge in [-0.2, -0.15) is 0 Å². The number of rotatable bonds is 4. The van der Waals surface area contributed by atoms with Crippen LogP contribution in [0.1, 0.15) is 28.3 Å². The summed E-state index contributed by atoms with van der Waals surface area (Å²) in [6.07, 6.45) is 0. The first-order valence-corrected chi connectivity index (χ1v) is 10.9. The summed E-state index contributed by atoms with van der Waals surface area (Å²) < 4.78 is 6.21. The molecular weight excluding hydrogens is 470 g/mol. The average Bonchev–Trinajstić information content (AvgIpc) is 3.06. The average molecular weight is 492 g/mol. The molecule has 0 bridgehead atoms. The number of Topliss-reactive ketones (excluding diaryl/α,β-unsaturated/α-hetero) is 1. The van der Waals surface area contributed by atoms with Crippen LogP contribution in [0.3, 0.4) is 0 Å². The molecule has 4 rings (SSSR count). The van der Waals surface area contributed by atoms with Crippen molar-refractivity contribution in [1.29, 1.82) is 0 Å². The van der Waals surface area contributed by atoms with Crippen molar-refractivity contribution < 1.29 is 19.4 Å². The molecule has 1 atom stereocenters. The fourth-order valence-electron chi connectivity index (χ4n) is 3.99. The molecule has 32 heavy (non-hydrogen) atoms. The maximum absolute atomic E-state index is 13.3. The minimum Gasteiger partial charge on any atom is -0.507 e. The normalized spacial score (nSPS) is 17.6. The lowest BCUT2D eigenvalue weighted by Crippen LogP contribution is -2.29. The number of aliphatic hydroxyl groups is 1. The number of amides is 1. The van der Waals surface area contributed by atoms with Gasteiger partial charge in [0, 0.05) is 21.8 Å². The van der Waals surface area contributed by atoms with Crippen LogP contribution in [0.25, 0.3) is 5.76 Å². The highest BCUT2D eigenvalue weighted by Gasteiger charge is 2.47. The molecule has 5 nitrogen and oxygen atoms in total. The van der Waals surface area contributed by atoms with E-state index in [1.807, 2.05) is 44.2 Å². The van der Waals surface area contributed by atoms with E-state index in [-0.39, 0.29) is 11.3 Å². The van der Waals surface area contributed by atoms with Crippen molar-refractivity contribution in [1.82, 2.24) is 0 Å². The number of benzene rings is 3. The summed E-state index contributed by atoms with van der Waals surface area (Å²) >= 11 is 3.46. The van der Waals surface area contributed by atoms with Crippen molar-refractivity contribution >= 4 is 39.1 Å². The summed E-state index contributed by atoms with van der Waals surface area (Å²) in [4.78, 5) is 27.9. The van der Waals surface area contributed by atoms with Crippen molar-refractivity contribution in [2.75, 3.05) is 12.0 Å². The maximum atomic E-state index is 13.3. The molecule has 3 aromatic carbocycles. The first kappa shape index (κ1) is 21.8. The number of halogens is 1. The number of hydrogen-bond donors (Lipinski definition) is 1. The van der Waals surface area contributed by atoms with Crippen LogP contribution < -0.4 is 9.64 Å². The second-order valence-electron chi connectivity index (χ2n) is 7.69. The zero-order chi connectivity index (χ0) is 23.0. The Morgan fingerprint density at radius 2 is 1.72 bits per heavy atom. The van der Waals surface area contributed by atoms with Crippen LogP contribution >= 0.6 is 15.9 Å². The van der Waals surface area contributed by atoms with E-state index in [2.05, 4.69) is 15.9 Å². The Morgan fingerprint density at radius 1 is 0.969 bits per heavy atom. The number of nitrogens with zero attached hydrogens (tertiary/aromatic N) is 1. The minimum absolute atomic E-state index is 0.0637. The van der Waals surface area contributed by atoms with Crippen LogP contribution in [-0.4, -0.2) is 23.9 Å². The van der Waals surface area contributed by atoms with Gasteiger partial charge in [0.25, 0.3) is 11.7 Å². The molecule has 0 saturated carbocycles. The molecule has 1 aliphatic rings. The van der Waals surface area contributed by atoms with E-state index >= 15 is 0 Å². The number of aliphatic hydroxyl groups excluding tert-OH is 1. The summed E-state index contributed by atoms with van der Waals surface area (Å²) in [6, 6.07) is 19.1. The number of anilines is 1. The third kappa shape index (κ3) is 3.71. The monoisotopic (exact) mass is 491 g/mol. The molecule has 3 aromatic rings. The number of carbonyl (C=O) groups is 2. The first-order chi connectivity index (χ1) is 15.3. The number of hydrogen-bond acceptors (Lipinski definition) is 4. The Labute approximate surface area is 195 Å². The van der Waals surface area contributed by atoms with E-state index in [0.29, 0.717) is 17.0 Å². The molecule has 0 radical (unpaired) electrons. The fourth-order valence-corrected chi connectivity index (χ4v) is 4.24. The maximum Gasteiger partial charge on any atom is 0.300 e. The highest BCUT2D eigenvalue weighted by Crippen LogP contribution is 2.43. The Bertz CT molecular complexity index is 1260. The van der Waals surface area contributed by atoms with E-state index in [1.165, 1.54) is 4.90 Å². The lowest BCUT2D eigenvalue weighted by Gasteiger charge is -2.27. The van der Waals surface area contributed by atoms with Crippen LogP contribution in [0, 0.1) is 13.8 Å². The lowest BCUT2D eigenvalue weighted by atomic mass is 9.92. The molecule has 6 heteroatoms. The van der Waals surface area contributed by atoms with Crippen molar-refractivity contribution in [3.8, 4) is 5.75 Å². The van der Waals surface area contributed by atoms with Crippen molar-refractivity contribution in [3.05, 3.63) is 99.0 Å². The summed E-state index contributed by atoms with van der Waals surface area (Å²) in [7, 11) is 1.54. The molecule has 1 unspecified atom stereocenters. The minimum atomic E-state index is -0.771. The van der Waals surface area contributed by atoms with E-state index in [0.717, 1.165) is 21.2 Å². The van der Waals surface area contributed by atoms with Gasteiger partial charge in [-0.3, -0.25) is 14.5 Å². The Hall–Kier alpha value is -3.38. The molecule has 162 valence electrons. The van der Waals surface area contributed by atoms with Gasteiger partial charge in [0.15, 0.2) is 0 Å². The van der Waals surface area contributed by atoms with Crippen LogP contribution in [0.5, 0.6) is 5.75 Å². The highest BCUT2D eigenvalue weighted by atomic mass is 79.9. The number of ketones is 1. The van der Waals surface area contributed by atoms with Crippen LogP contribution in [-0.2, 0) is 9.59 Å². The first-order valence-electron chi connectivity index (χ1n) is 10.1. The fraction of sp³-hybridized carbons (Fsp3) is 0.154. The van der Waals surface area contributed by atoms with Gasteiger partial charge in [-0.15, -0.1) is 0 Å². The molecule has 1 amide bonds. The van der Waals surface area contributed by atoms with Crippen molar-refractivity contribution in [3.63, 3.8) is 0 Å². The molecule has 0 aliphatic carbocycles. The smallest absolute Gasteiger partial charge is 0.300 e. The quantitative estimate of drug-likeness (QED) is 0.288. The Morgan fingerprint density at radius 3 is 2.41 bits per heavy atom. The second kappa shape index (κ2) is 8.63. The zero-order valence-corrected chi connectivity index (χ0v) is 19.5. The summed E-state index contributed by atoms with van der Waals surface area (Å²) in [5, 5.41) is 11.3. The summed E-state index contributed by atoms with van der Waals surface area (Å²) in [5.41, 5.74) is 3.64. The molecule has 1 heterocycles. The van der Waals surface area contributed by atoms with E-state index < -0.39 is 17.7 Å². The molecule has 0 aromatic heterocycles. The van der Waals surface area contributed by atoms with Gasteiger partial charge in [-0.1, -0.05) is 52.3 Å². The van der Waals surface area contributed by atoms with Crippen LogP contribution in [0.2, 0.25) is 0 Å². The van der Waals surface area contributed by atoms with Gasteiger partial charge >= 0.3 is 0 Å². The van der Waals surface area contributed by atoms with E-state index in [1.54, 1.807) is 43.5 Å². The van der Waals surface area contributed by atoms with Crippen LogP contribution in [0.4, 0.5) is 5.69 Å². The van der Waals surface area contributed by atoms with E-state index in [9.17, 15) is 14.7 Å². The van der Waals surface area contributed by atoms with Gasteiger partial charge in [-0.25, -0.2) is 0 Å². The number of methoxy groups -OCH3 is 1. The van der Waals surface area contributed by atoms with Gasteiger partial charge in [-0.05, 0) is 54.8 Å². The van der Waals surface area contributed by atoms with Crippen molar-refractivity contribution in [2.24, 2.45) is 0 Å². The Kier molecular flexibility index (Phi) is 5.89. The second-order valence-corrected chi connectivity index (χ2v) is 8.55. The molecule has 1 fully saturated rings. The molecule has 1 aliphatic heterocycles. The largest absolute Gasteiger partial charge is 0.507 e. The standard InChI is InChI=1S/C26H22BrNO4/c1-15-7-4-5-10-20(15)23-22(24(29)17-11-12-21(27)16(2)13-17)25(30)26(31)28(23)18-8-6-9-19(14-18)32-3/h4-14,23,29H,1-3H3/b24-22+. The SMILES string of the molecule is COc1cccc(N2C(=O)C(=O)/C(=C(/O)c3ccc(Br)c(C)c3)C2c2ccccc2C)c1. The molecule has 1 saturated heterocycles. The van der Waals surface area contributed by atoms with Crippen LogP contribution in [0.15, 0.2) is 76.8 Å². The van der Waals surface area contributed by atoms with E-state index in [4.69, 9.17) is 4.74 Å². The van der Waals surface area contributed by atoms with Gasteiger partial charge < -0.3 is 9.84 Å².